The fourth-order valence-electron chi connectivity index (χ4n) is 3.48. The van der Waals surface area contributed by atoms with Gasteiger partial charge in [0.2, 0.25) is 0 Å². The zero-order chi connectivity index (χ0) is 19.4. The fourth-order valence-corrected chi connectivity index (χ4v) is 3.48. The highest BCUT2D eigenvalue weighted by atomic mass is 19.1. The molecular weight excluding hydrogens is 345 g/mol. The van der Waals surface area contributed by atoms with Crippen LogP contribution in [0.2, 0.25) is 0 Å². The summed E-state index contributed by atoms with van der Waals surface area (Å²) in [6.07, 6.45) is 3.85. The van der Waals surface area contributed by atoms with Gasteiger partial charge in [0.15, 0.2) is 0 Å². The predicted octanol–water partition coefficient (Wildman–Crippen LogP) is 3.39. The average Bonchev–Trinajstić information content (AvgIpc) is 3.12. The van der Waals surface area contributed by atoms with Crippen molar-refractivity contribution in [2.24, 2.45) is 5.73 Å². The van der Waals surface area contributed by atoms with Crippen molar-refractivity contribution in [3.05, 3.63) is 65.0 Å². The minimum Gasteiger partial charge on any atom is -0.345 e. The Labute approximate surface area is 158 Å². The lowest BCUT2D eigenvalue weighted by Gasteiger charge is -2.28. The second-order valence-corrected chi connectivity index (χ2v) is 7.11. The van der Waals surface area contributed by atoms with Gasteiger partial charge in [-0.3, -0.25) is 9.59 Å². The van der Waals surface area contributed by atoms with E-state index in [0.29, 0.717) is 17.8 Å². The van der Waals surface area contributed by atoms with Crippen molar-refractivity contribution >= 4 is 17.5 Å². The zero-order valence-corrected chi connectivity index (χ0v) is 15.3. The Kier molecular flexibility index (Phi) is 5.56. The number of hydrogen-bond donors (Lipinski definition) is 3. The van der Waals surface area contributed by atoms with Gasteiger partial charge in [0.05, 0.1) is 11.1 Å². The molecule has 0 atom stereocenters. The van der Waals surface area contributed by atoms with Gasteiger partial charge in [0.1, 0.15) is 5.82 Å². The number of aryl methyl sites for hydroxylation is 1. The molecule has 0 radical (unpaired) electrons. The van der Waals surface area contributed by atoms with Gasteiger partial charge in [-0.1, -0.05) is 31.0 Å². The summed E-state index contributed by atoms with van der Waals surface area (Å²) in [5.74, 6) is -1.36. The molecule has 1 aliphatic rings. The highest BCUT2D eigenvalue weighted by Gasteiger charge is 2.34. The molecule has 5 nitrogen and oxygen atoms in total. The molecule has 4 N–H and O–H groups in total. The van der Waals surface area contributed by atoms with E-state index in [4.69, 9.17) is 5.73 Å². The van der Waals surface area contributed by atoms with Gasteiger partial charge in [-0.25, -0.2) is 4.39 Å². The van der Waals surface area contributed by atoms with E-state index in [2.05, 4.69) is 10.6 Å². The molecule has 0 aliphatic heterocycles. The molecule has 142 valence electrons. The second-order valence-electron chi connectivity index (χ2n) is 7.11. The monoisotopic (exact) mass is 369 g/mol. The maximum absolute atomic E-state index is 13.8. The van der Waals surface area contributed by atoms with Crippen molar-refractivity contribution < 1.29 is 14.0 Å². The number of carbonyl (C=O) groups is 2. The molecule has 2 aromatic carbocycles. The number of hydrogen-bond acceptors (Lipinski definition) is 3. The summed E-state index contributed by atoms with van der Waals surface area (Å²) in [6, 6.07) is 10.9. The van der Waals surface area contributed by atoms with Gasteiger partial charge >= 0.3 is 0 Å². The molecule has 2 aromatic rings. The summed E-state index contributed by atoms with van der Waals surface area (Å²) in [4.78, 5) is 25.1. The standard InChI is InChI=1S/C21H24FN3O2/c1-14-8-9-15(19(26)25-21(13-23)10-4-5-11-21)12-18(14)24-20(27)16-6-2-3-7-17(16)22/h2-3,6-9,12H,4-5,10-11,13,23H2,1H3,(H,24,27)(H,25,26). The van der Waals surface area contributed by atoms with Crippen LogP contribution < -0.4 is 16.4 Å². The van der Waals surface area contributed by atoms with Crippen molar-refractivity contribution in [1.82, 2.24) is 5.32 Å². The van der Waals surface area contributed by atoms with Gasteiger partial charge in [-0.2, -0.15) is 0 Å². The first-order valence-corrected chi connectivity index (χ1v) is 9.13. The zero-order valence-electron chi connectivity index (χ0n) is 15.3. The number of amides is 2. The molecule has 27 heavy (non-hydrogen) atoms. The second kappa shape index (κ2) is 7.88. The van der Waals surface area contributed by atoms with Gasteiger partial charge in [0.25, 0.3) is 11.8 Å². The number of rotatable bonds is 5. The van der Waals surface area contributed by atoms with Crippen LogP contribution in [0.1, 0.15) is 52.0 Å². The molecule has 2 amide bonds. The number of anilines is 1. The van der Waals surface area contributed by atoms with Crippen LogP contribution in [-0.4, -0.2) is 23.9 Å². The molecule has 0 saturated heterocycles. The van der Waals surface area contributed by atoms with Crippen LogP contribution in [0.5, 0.6) is 0 Å². The minimum absolute atomic E-state index is 0.0419. The summed E-state index contributed by atoms with van der Waals surface area (Å²) in [6.45, 7) is 2.22. The molecule has 0 heterocycles. The van der Waals surface area contributed by atoms with E-state index in [-0.39, 0.29) is 17.0 Å². The maximum atomic E-state index is 13.8. The number of carbonyl (C=O) groups excluding carboxylic acids is 2. The molecule has 6 heteroatoms. The third kappa shape index (κ3) is 4.17. The third-order valence-corrected chi connectivity index (χ3v) is 5.20. The smallest absolute Gasteiger partial charge is 0.258 e. The van der Waals surface area contributed by atoms with Gasteiger partial charge in [0, 0.05) is 17.8 Å². The largest absolute Gasteiger partial charge is 0.345 e. The number of halogens is 1. The molecule has 3 rings (SSSR count). The Morgan fingerprint density at radius 3 is 2.48 bits per heavy atom. The van der Waals surface area contributed by atoms with Crippen LogP contribution in [0, 0.1) is 12.7 Å². The summed E-state index contributed by atoms with van der Waals surface area (Å²) in [7, 11) is 0. The first-order valence-electron chi connectivity index (χ1n) is 9.13. The minimum atomic E-state index is -0.590. The fraction of sp³-hybridized carbons (Fsp3) is 0.333. The molecule has 1 aliphatic carbocycles. The van der Waals surface area contributed by atoms with Crippen LogP contribution in [0.3, 0.4) is 0 Å². The molecular formula is C21H24FN3O2. The lowest BCUT2D eigenvalue weighted by molar-refractivity contribution is 0.0902. The van der Waals surface area contributed by atoms with Gasteiger partial charge < -0.3 is 16.4 Å². The maximum Gasteiger partial charge on any atom is 0.258 e. The first kappa shape index (κ1) is 19.0. The lowest BCUT2D eigenvalue weighted by atomic mass is 9.97. The summed E-state index contributed by atoms with van der Waals surface area (Å²) in [5.41, 5.74) is 7.19. The van der Waals surface area contributed by atoms with E-state index in [1.165, 1.54) is 18.2 Å². The molecule has 0 bridgehead atoms. The summed E-state index contributed by atoms with van der Waals surface area (Å²) < 4.78 is 13.8. The van der Waals surface area contributed by atoms with Gasteiger partial charge in [-0.15, -0.1) is 0 Å². The van der Waals surface area contributed by atoms with Crippen LogP contribution >= 0.6 is 0 Å². The van der Waals surface area contributed by atoms with Gasteiger partial charge in [-0.05, 0) is 49.6 Å². The van der Waals surface area contributed by atoms with Crippen LogP contribution in [-0.2, 0) is 0 Å². The van der Waals surface area contributed by atoms with Crippen molar-refractivity contribution in [2.75, 3.05) is 11.9 Å². The Balaban J connectivity index is 1.79. The lowest BCUT2D eigenvalue weighted by Crippen LogP contribution is -2.51. The quantitative estimate of drug-likeness (QED) is 0.755. The molecule has 0 aromatic heterocycles. The van der Waals surface area contributed by atoms with Crippen molar-refractivity contribution in [3.8, 4) is 0 Å². The molecule has 1 saturated carbocycles. The normalized spacial score (nSPS) is 15.4. The van der Waals surface area contributed by atoms with Crippen molar-refractivity contribution in [2.45, 2.75) is 38.1 Å². The molecule has 0 unspecified atom stereocenters. The topological polar surface area (TPSA) is 84.2 Å². The van der Waals surface area contributed by atoms with Crippen molar-refractivity contribution in [1.29, 1.82) is 0 Å². The summed E-state index contributed by atoms with van der Waals surface area (Å²) in [5, 5.41) is 5.76. The highest BCUT2D eigenvalue weighted by Crippen LogP contribution is 2.29. The van der Waals surface area contributed by atoms with E-state index >= 15 is 0 Å². The van der Waals surface area contributed by atoms with Crippen LogP contribution in [0.15, 0.2) is 42.5 Å². The third-order valence-electron chi connectivity index (χ3n) is 5.20. The van der Waals surface area contributed by atoms with E-state index in [1.807, 2.05) is 6.92 Å². The number of nitrogens with one attached hydrogen (secondary N) is 2. The number of nitrogens with two attached hydrogens (primary N) is 1. The Morgan fingerprint density at radius 1 is 1.11 bits per heavy atom. The highest BCUT2D eigenvalue weighted by molar-refractivity contribution is 6.05. The average molecular weight is 369 g/mol. The van der Waals surface area contributed by atoms with E-state index in [0.717, 1.165) is 31.2 Å². The predicted molar refractivity (Wildman–Crippen MR) is 103 cm³/mol. The molecule has 1 fully saturated rings. The SMILES string of the molecule is Cc1ccc(C(=O)NC2(CN)CCCC2)cc1NC(=O)c1ccccc1F. The van der Waals surface area contributed by atoms with Crippen LogP contribution in [0.25, 0.3) is 0 Å². The van der Waals surface area contributed by atoms with E-state index in [1.54, 1.807) is 24.3 Å². The van der Waals surface area contributed by atoms with Crippen molar-refractivity contribution in [3.63, 3.8) is 0 Å². The van der Waals surface area contributed by atoms with E-state index in [9.17, 15) is 14.0 Å². The molecule has 0 spiro atoms. The van der Waals surface area contributed by atoms with E-state index < -0.39 is 11.7 Å². The Morgan fingerprint density at radius 2 is 1.81 bits per heavy atom. The Bertz CT molecular complexity index is 860. The number of benzene rings is 2. The summed E-state index contributed by atoms with van der Waals surface area (Å²) >= 11 is 0. The Hall–Kier alpha value is -2.73. The first-order chi connectivity index (χ1) is 12.9. The van der Waals surface area contributed by atoms with Crippen LogP contribution in [0.4, 0.5) is 10.1 Å².